The Bertz CT molecular complexity index is 846. The monoisotopic (exact) mass is 352 g/mol. The number of nitrogens with one attached hydrogen (secondary N) is 1. The second-order valence-electron chi connectivity index (χ2n) is 5.12. The molecule has 1 heterocycles. The van der Waals surface area contributed by atoms with Gasteiger partial charge in [-0.1, -0.05) is 0 Å². The fourth-order valence-corrected chi connectivity index (χ4v) is 2.69. The zero-order chi connectivity index (χ0) is 17.7. The standard InChI is InChI=1S/C14H16N4O5S/c1-24(22,23)13-9-11(8-12(10-13)18(20)21)14(19)15-4-2-6-17-7-3-5-16-17/h3,5,7-10H,2,4,6H2,1H3,(H,15,19). The topological polar surface area (TPSA) is 124 Å². The first-order valence-corrected chi connectivity index (χ1v) is 8.91. The Morgan fingerprint density at radius 2 is 2.12 bits per heavy atom. The minimum Gasteiger partial charge on any atom is -0.352 e. The van der Waals surface area contributed by atoms with E-state index in [0.717, 1.165) is 24.5 Å². The number of benzene rings is 1. The number of carbonyl (C=O) groups excluding carboxylic acids is 1. The Morgan fingerprint density at radius 3 is 2.71 bits per heavy atom. The summed E-state index contributed by atoms with van der Waals surface area (Å²) in [6, 6.07) is 4.90. The number of sulfone groups is 1. The van der Waals surface area contributed by atoms with Crippen molar-refractivity contribution in [3.05, 3.63) is 52.3 Å². The molecule has 0 aliphatic heterocycles. The normalized spacial score (nSPS) is 11.2. The first kappa shape index (κ1) is 17.6. The van der Waals surface area contributed by atoms with Crippen molar-refractivity contribution in [2.45, 2.75) is 17.9 Å². The van der Waals surface area contributed by atoms with Gasteiger partial charge in [0.05, 0.1) is 9.82 Å². The summed E-state index contributed by atoms with van der Waals surface area (Å²) in [7, 11) is -3.67. The van der Waals surface area contributed by atoms with Crippen LogP contribution in [-0.2, 0) is 16.4 Å². The number of aryl methyl sites for hydroxylation is 1. The van der Waals surface area contributed by atoms with E-state index >= 15 is 0 Å². The molecule has 128 valence electrons. The summed E-state index contributed by atoms with van der Waals surface area (Å²) in [6.45, 7) is 0.937. The van der Waals surface area contributed by atoms with Crippen molar-refractivity contribution in [1.29, 1.82) is 0 Å². The van der Waals surface area contributed by atoms with Crippen LogP contribution in [0, 0.1) is 10.1 Å². The van der Waals surface area contributed by atoms with E-state index in [1.807, 2.05) is 0 Å². The van der Waals surface area contributed by atoms with Crippen molar-refractivity contribution >= 4 is 21.4 Å². The number of non-ortho nitro benzene ring substituents is 1. The molecule has 10 heteroatoms. The average Bonchev–Trinajstić information content (AvgIpc) is 3.03. The SMILES string of the molecule is CS(=O)(=O)c1cc(C(=O)NCCCn2cccn2)cc([N+](=O)[O-])c1. The lowest BCUT2D eigenvalue weighted by molar-refractivity contribution is -0.385. The zero-order valence-corrected chi connectivity index (χ0v) is 13.7. The molecule has 0 unspecified atom stereocenters. The molecule has 2 aromatic rings. The molecule has 0 aliphatic rings. The van der Waals surface area contributed by atoms with Crippen molar-refractivity contribution in [3.63, 3.8) is 0 Å². The van der Waals surface area contributed by atoms with E-state index in [1.54, 1.807) is 23.1 Å². The Labute approximate surface area is 138 Å². The minimum absolute atomic E-state index is 0.0660. The number of amides is 1. The summed E-state index contributed by atoms with van der Waals surface area (Å²) >= 11 is 0. The van der Waals surface area contributed by atoms with Gasteiger partial charge >= 0.3 is 0 Å². The summed E-state index contributed by atoms with van der Waals surface area (Å²) in [5.74, 6) is -0.566. The van der Waals surface area contributed by atoms with E-state index in [4.69, 9.17) is 0 Å². The third-order valence-electron chi connectivity index (χ3n) is 3.20. The van der Waals surface area contributed by atoms with Crippen LogP contribution in [0.3, 0.4) is 0 Å². The van der Waals surface area contributed by atoms with Gasteiger partial charge in [-0.2, -0.15) is 5.10 Å². The van der Waals surface area contributed by atoms with Gasteiger partial charge in [-0.25, -0.2) is 8.42 Å². The molecule has 0 saturated carbocycles. The summed E-state index contributed by atoms with van der Waals surface area (Å²) in [5.41, 5.74) is -0.511. The van der Waals surface area contributed by atoms with Gasteiger partial charge in [-0.3, -0.25) is 19.6 Å². The Hall–Kier alpha value is -2.75. The van der Waals surface area contributed by atoms with Gasteiger partial charge in [0.2, 0.25) is 0 Å². The number of rotatable bonds is 7. The first-order chi connectivity index (χ1) is 11.3. The molecular formula is C14H16N4O5S. The molecule has 0 bridgehead atoms. The number of aromatic nitrogens is 2. The van der Waals surface area contributed by atoms with Gasteiger partial charge in [-0.05, 0) is 18.6 Å². The zero-order valence-electron chi connectivity index (χ0n) is 12.9. The second kappa shape index (κ2) is 7.21. The van der Waals surface area contributed by atoms with Crippen molar-refractivity contribution in [2.75, 3.05) is 12.8 Å². The first-order valence-electron chi connectivity index (χ1n) is 7.02. The fraction of sp³-hybridized carbons (Fsp3) is 0.286. The molecule has 1 aromatic heterocycles. The maximum atomic E-state index is 12.1. The molecule has 9 nitrogen and oxygen atoms in total. The smallest absolute Gasteiger partial charge is 0.271 e. The van der Waals surface area contributed by atoms with E-state index < -0.39 is 26.4 Å². The predicted molar refractivity (Wildman–Crippen MR) is 85.4 cm³/mol. The second-order valence-corrected chi connectivity index (χ2v) is 7.14. The molecule has 2 rings (SSSR count). The van der Waals surface area contributed by atoms with Crippen LogP contribution < -0.4 is 5.32 Å². The number of nitro groups is 1. The maximum absolute atomic E-state index is 12.1. The fourth-order valence-electron chi connectivity index (χ4n) is 2.01. The molecular weight excluding hydrogens is 336 g/mol. The van der Waals surface area contributed by atoms with E-state index in [2.05, 4.69) is 10.4 Å². The molecule has 1 aromatic carbocycles. The van der Waals surface area contributed by atoms with Crippen LogP contribution in [0.15, 0.2) is 41.6 Å². The van der Waals surface area contributed by atoms with Gasteiger partial charge < -0.3 is 5.32 Å². The van der Waals surface area contributed by atoms with Crippen LogP contribution in [0.25, 0.3) is 0 Å². The largest absolute Gasteiger partial charge is 0.352 e. The molecule has 0 aliphatic carbocycles. The molecule has 0 radical (unpaired) electrons. The highest BCUT2D eigenvalue weighted by Gasteiger charge is 2.18. The van der Waals surface area contributed by atoms with Crippen LogP contribution in [0.2, 0.25) is 0 Å². The Balaban J connectivity index is 2.07. The highest BCUT2D eigenvalue weighted by Crippen LogP contribution is 2.20. The number of hydrogen-bond acceptors (Lipinski definition) is 6. The molecule has 0 fully saturated rings. The lowest BCUT2D eigenvalue weighted by Gasteiger charge is -2.07. The quantitative estimate of drug-likeness (QED) is 0.450. The van der Waals surface area contributed by atoms with Crippen molar-refractivity contribution in [2.24, 2.45) is 0 Å². The lowest BCUT2D eigenvalue weighted by Crippen LogP contribution is -2.25. The van der Waals surface area contributed by atoms with Crippen LogP contribution in [0.1, 0.15) is 16.8 Å². The number of nitro benzene ring substituents is 1. The summed E-state index contributed by atoms with van der Waals surface area (Å²) in [4.78, 5) is 22.0. The van der Waals surface area contributed by atoms with Crippen molar-refractivity contribution in [3.8, 4) is 0 Å². The number of hydrogen-bond donors (Lipinski definition) is 1. The Kier molecular flexibility index (Phi) is 5.29. The summed E-state index contributed by atoms with van der Waals surface area (Å²) < 4.78 is 24.9. The van der Waals surface area contributed by atoms with E-state index in [0.29, 0.717) is 19.5 Å². The van der Waals surface area contributed by atoms with Crippen LogP contribution in [0.5, 0.6) is 0 Å². The number of carbonyl (C=O) groups is 1. The highest BCUT2D eigenvalue weighted by molar-refractivity contribution is 7.90. The van der Waals surface area contributed by atoms with Crippen molar-refractivity contribution < 1.29 is 18.1 Å². The summed E-state index contributed by atoms with van der Waals surface area (Å²) in [6.07, 6.45) is 4.98. The van der Waals surface area contributed by atoms with Gasteiger partial charge in [0.25, 0.3) is 11.6 Å². The third-order valence-corrected chi connectivity index (χ3v) is 4.29. The van der Waals surface area contributed by atoms with Crippen LogP contribution in [-0.4, -0.2) is 41.8 Å². The van der Waals surface area contributed by atoms with E-state index in [1.165, 1.54) is 0 Å². The Morgan fingerprint density at radius 1 is 1.38 bits per heavy atom. The third kappa shape index (κ3) is 4.62. The molecule has 24 heavy (non-hydrogen) atoms. The summed E-state index contributed by atoms with van der Waals surface area (Å²) in [5, 5.41) is 17.5. The minimum atomic E-state index is -3.67. The average molecular weight is 352 g/mol. The lowest BCUT2D eigenvalue weighted by atomic mass is 10.2. The predicted octanol–water partition coefficient (Wildman–Crippen LogP) is 1.01. The molecule has 0 spiro atoms. The van der Waals surface area contributed by atoms with Gasteiger partial charge in [0.1, 0.15) is 0 Å². The molecule has 0 saturated heterocycles. The molecule has 1 amide bonds. The van der Waals surface area contributed by atoms with Gasteiger partial charge in [0, 0.05) is 49.4 Å². The molecule has 1 N–H and O–H groups in total. The van der Waals surface area contributed by atoms with Crippen LogP contribution in [0.4, 0.5) is 5.69 Å². The maximum Gasteiger partial charge on any atom is 0.271 e. The highest BCUT2D eigenvalue weighted by atomic mass is 32.2. The van der Waals surface area contributed by atoms with E-state index in [9.17, 15) is 23.3 Å². The van der Waals surface area contributed by atoms with E-state index in [-0.39, 0.29) is 10.5 Å². The number of nitrogens with zero attached hydrogens (tertiary/aromatic N) is 3. The van der Waals surface area contributed by atoms with Crippen molar-refractivity contribution in [1.82, 2.24) is 15.1 Å². The van der Waals surface area contributed by atoms with Gasteiger partial charge in [0.15, 0.2) is 9.84 Å². The van der Waals surface area contributed by atoms with Crippen LogP contribution >= 0.6 is 0 Å². The van der Waals surface area contributed by atoms with Gasteiger partial charge in [-0.15, -0.1) is 0 Å². The molecule has 0 atom stereocenters.